The summed E-state index contributed by atoms with van der Waals surface area (Å²) in [6, 6.07) is 0. The van der Waals surface area contributed by atoms with E-state index in [1.165, 1.54) is 6.21 Å². The van der Waals surface area contributed by atoms with E-state index in [4.69, 9.17) is 4.52 Å². The number of dihydropyridines is 1. The van der Waals surface area contributed by atoms with Crippen molar-refractivity contribution in [3.63, 3.8) is 0 Å². The molecule has 1 amide bonds. The lowest BCUT2D eigenvalue weighted by Gasteiger charge is -2.04. The Morgan fingerprint density at radius 2 is 2.05 bits per heavy atom. The number of aliphatic imine (C=N–C) groups is 1. The van der Waals surface area contributed by atoms with Gasteiger partial charge in [0.2, 0.25) is 5.82 Å². The molecule has 1 atom stereocenters. The van der Waals surface area contributed by atoms with Gasteiger partial charge in [0.15, 0.2) is 11.6 Å². The standard InChI is InChI=1S/C11H6FN5O2/c12-6-4-14-9(15-5-6)11-16-8(17-19-11)7-2-1-3-13-10(7)18/h1-5,7H. The normalized spacial score (nSPS) is 17.9. The lowest BCUT2D eigenvalue weighted by molar-refractivity contribution is -0.118. The fourth-order valence-electron chi connectivity index (χ4n) is 1.51. The van der Waals surface area contributed by atoms with Gasteiger partial charge in [-0.1, -0.05) is 11.2 Å². The van der Waals surface area contributed by atoms with E-state index in [9.17, 15) is 9.18 Å². The molecule has 7 nitrogen and oxygen atoms in total. The summed E-state index contributed by atoms with van der Waals surface area (Å²) in [6.45, 7) is 0. The first-order valence-electron chi connectivity index (χ1n) is 5.30. The fraction of sp³-hybridized carbons (Fsp3) is 0.0909. The Morgan fingerprint density at radius 3 is 2.79 bits per heavy atom. The van der Waals surface area contributed by atoms with Gasteiger partial charge in [-0.05, 0) is 6.08 Å². The minimum Gasteiger partial charge on any atom is -0.330 e. The Hall–Kier alpha value is -2.77. The van der Waals surface area contributed by atoms with Gasteiger partial charge in [0.25, 0.3) is 11.8 Å². The summed E-state index contributed by atoms with van der Waals surface area (Å²) in [5.74, 6) is -1.34. The van der Waals surface area contributed by atoms with Gasteiger partial charge < -0.3 is 4.52 Å². The second kappa shape index (κ2) is 4.48. The summed E-state index contributed by atoms with van der Waals surface area (Å²) in [4.78, 5) is 26.6. The molecule has 2 aromatic heterocycles. The molecular weight excluding hydrogens is 253 g/mol. The van der Waals surface area contributed by atoms with Gasteiger partial charge in [-0.15, -0.1) is 0 Å². The Bertz CT molecular complexity index is 677. The maximum Gasteiger partial charge on any atom is 0.295 e. The zero-order valence-electron chi connectivity index (χ0n) is 9.39. The molecule has 0 spiro atoms. The van der Waals surface area contributed by atoms with Crippen LogP contribution in [0.5, 0.6) is 0 Å². The summed E-state index contributed by atoms with van der Waals surface area (Å²) < 4.78 is 17.6. The third-order valence-corrected chi connectivity index (χ3v) is 2.39. The molecule has 19 heavy (non-hydrogen) atoms. The third-order valence-electron chi connectivity index (χ3n) is 2.39. The molecule has 3 heterocycles. The Balaban J connectivity index is 1.91. The lowest BCUT2D eigenvalue weighted by Crippen LogP contribution is -2.12. The largest absolute Gasteiger partial charge is 0.330 e. The molecule has 94 valence electrons. The Kier molecular flexibility index (Phi) is 2.67. The van der Waals surface area contributed by atoms with Gasteiger partial charge in [0.1, 0.15) is 5.92 Å². The van der Waals surface area contributed by atoms with Crippen LogP contribution < -0.4 is 0 Å². The molecule has 0 bridgehead atoms. The predicted octanol–water partition coefficient (Wildman–Crippen LogP) is 0.916. The number of halogens is 1. The molecule has 0 radical (unpaired) electrons. The first-order valence-corrected chi connectivity index (χ1v) is 5.30. The average Bonchev–Trinajstić information content (AvgIpc) is 2.89. The molecular formula is C11H6FN5O2. The van der Waals surface area contributed by atoms with Crippen molar-refractivity contribution >= 4 is 12.1 Å². The zero-order chi connectivity index (χ0) is 13.2. The molecule has 0 aromatic carbocycles. The lowest BCUT2D eigenvalue weighted by atomic mass is 10.1. The maximum absolute atomic E-state index is 12.7. The summed E-state index contributed by atoms with van der Waals surface area (Å²) in [5.41, 5.74) is 0. The minimum atomic E-state index is -0.678. The van der Waals surface area contributed by atoms with Crippen molar-refractivity contribution in [3.05, 3.63) is 36.2 Å². The molecule has 0 saturated heterocycles. The van der Waals surface area contributed by atoms with Crippen LogP contribution in [0.2, 0.25) is 0 Å². The SMILES string of the molecule is O=C1N=CC=CC1c1noc(-c2ncc(F)cn2)n1. The number of aromatic nitrogens is 4. The number of carbonyl (C=O) groups excluding carboxylic acids is 1. The van der Waals surface area contributed by atoms with Crippen LogP contribution in [0.1, 0.15) is 11.7 Å². The monoisotopic (exact) mass is 259 g/mol. The van der Waals surface area contributed by atoms with Crippen molar-refractivity contribution in [2.45, 2.75) is 5.92 Å². The third kappa shape index (κ3) is 2.15. The van der Waals surface area contributed by atoms with E-state index < -0.39 is 11.7 Å². The van der Waals surface area contributed by atoms with E-state index in [0.717, 1.165) is 12.4 Å². The van der Waals surface area contributed by atoms with Gasteiger partial charge in [0.05, 0.1) is 12.4 Å². The highest BCUT2D eigenvalue weighted by Gasteiger charge is 2.25. The van der Waals surface area contributed by atoms with Crippen LogP contribution in [0.25, 0.3) is 11.7 Å². The molecule has 0 aliphatic carbocycles. The number of carbonyl (C=O) groups is 1. The minimum absolute atomic E-state index is 0.0192. The highest BCUT2D eigenvalue weighted by Crippen LogP contribution is 2.20. The van der Waals surface area contributed by atoms with E-state index >= 15 is 0 Å². The van der Waals surface area contributed by atoms with Crippen LogP contribution in [0, 0.1) is 5.82 Å². The van der Waals surface area contributed by atoms with Gasteiger partial charge in [-0.25, -0.2) is 19.4 Å². The van der Waals surface area contributed by atoms with E-state index in [1.54, 1.807) is 12.2 Å². The van der Waals surface area contributed by atoms with Crippen molar-refractivity contribution in [1.82, 2.24) is 20.1 Å². The highest BCUT2D eigenvalue weighted by molar-refractivity contribution is 5.96. The Labute approximate surface area is 105 Å². The smallest absolute Gasteiger partial charge is 0.295 e. The summed E-state index contributed by atoms with van der Waals surface area (Å²) in [7, 11) is 0. The first-order chi connectivity index (χ1) is 9.24. The van der Waals surface area contributed by atoms with Gasteiger partial charge in [0, 0.05) is 6.21 Å². The number of nitrogens with zero attached hydrogens (tertiary/aromatic N) is 5. The summed E-state index contributed by atoms with van der Waals surface area (Å²) >= 11 is 0. The molecule has 0 N–H and O–H groups in total. The zero-order valence-corrected chi connectivity index (χ0v) is 9.39. The van der Waals surface area contributed by atoms with E-state index in [0.29, 0.717) is 0 Å². The predicted molar refractivity (Wildman–Crippen MR) is 60.7 cm³/mol. The molecule has 1 unspecified atom stereocenters. The topological polar surface area (TPSA) is 94.1 Å². The molecule has 2 aromatic rings. The molecule has 8 heteroatoms. The molecule has 1 aliphatic heterocycles. The van der Waals surface area contributed by atoms with Crippen LogP contribution >= 0.6 is 0 Å². The Morgan fingerprint density at radius 1 is 1.26 bits per heavy atom. The average molecular weight is 259 g/mol. The van der Waals surface area contributed by atoms with Gasteiger partial charge >= 0.3 is 0 Å². The number of amides is 1. The van der Waals surface area contributed by atoms with Crippen LogP contribution in [0.15, 0.2) is 34.1 Å². The van der Waals surface area contributed by atoms with Crippen molar-refractivity contribution < 1.29 is 13.7 Å². The molecule has 1 aliphatic rings. The second-order valence-corrected chi connectivity index (χ2v) is 3.66. The molecule has 0 fully saturated rings. The number of hydrogen-bond donors (Lipinski definition) is 0. The fourth-order valence-corrected chi connectivity index (χ4v) is 1.51. The molecule has 0 saturated carbocycles. The highest BCUT2D eigenvalue weighted by atomic mass is 19.1. The van der Waals surface area contributed by atoms with Crippen molar-refractivity contribution in [1.29, 1.82) is 0 Å². The van der Waals surface area contributed by atoms with Crippen LogP contribution in [0.3, 0.4) is 0 Å². The van der Waals surface area contributed by atoms with Crippen molar-refractivity contribution in [2.75, 3.05) is 0 Å². The quantitative estimate of drug-likeness (QED) is 0.795. The van der Waals surface area contributed by atoms with Crippen LogP contribution in [-0.4, -0.2) is 32.2 Å². The van der Waals surface area contributed by atoms with Crippen LogP contribution in [0.4, 0.5) is 4.39 Å². The van der Waals surface area contributed by atoms with E-state index in [1.807, 2.05) is 0 Å². The number of allylic oxidation sites excluding steroid dienone is 1. The van der Waals surface area contributed by atoms with E-state index in [-0.39, 0.29) is 23.4 Å². The first kappa shape index (κ1) is 11.3. The van der Waals surface area contributed by atoms with Crippen molar-refractivity contribution in [3.8, 4) is 11.7 Å². The molecule has 3 rings (SSSR count). The summed E-state index contributed by atoms with van der Waals surface area (Å²) in [5, 5.41) is 3.68. The van der Waals surface area contributed by atoms with Crippen molar-refractivity contribution in [2.24, 2.45) is 4.99 Å². The van der Waals surface area contributed by atoms with Gasteiger partial charge in [-0.2, -0.15) is 4.98 Å². The van der Waals surface area contributed by atoms with Gasteiger partial charge in [-0.3, -0.25) is 4.79 Å². The number of hydrogen-bond acceptors (Lipinski definition) is 6. The van der Waals surface area contributed by atoms with Crippen LogP contribution in [-0.2, 0) is 4.79 Å². The second-order valence-electron chi connectivity index (χ2n) is 3.66. The number of rotatable bonds is 2. The van der Waals surface area contributed by atoms with E-state index in [2.05, 4.69) is 25.1 Å². The summed E-state index contributed by atoms with van der Waals surface area (Å²) in [6.07, 6.45) is 6.60. The maximum atomic E-state index is 12.7.